The molecule has 2 fully saturated rings. The number of amides is 1. The van der Waals surface area contributed by atoms with E-state index in [9.17, 15) is 4.79 Å². The number of hydrogen-bond donors (Lipinski definition) is 2. The molecule has 0 aromatic heterocycles. The van der Waals surface area contributed by atoms with Crippen molar-refractivity contribution in [3.63, 3.8) is 0 Å². The summed E-state index contributed by atoms with van der Waals surface area (Å²) >= 11 is 0. The SMILES string of the molecule is CCCN(CC(=O)NCC1CCCO1)CC1CCNCC1. The smallest absolute Gasteiger partial charge is 0.234 e. The molecule has 0 aromatic rings. The predicted molar refractivity (Wildman–Crippen MR) is 84.3 cm³/mol. The molecule has 0 bridgehead atoms. The van der Waals surface area contributed by atoms with Crippen LogP contribution in [0.4, 0.5) is 0 Å². The van der Waals surface area contributed by atoms with Crippen molar-refractivity contribution in [3.05, 3.63) is 0 Å². The highest BCUT2D eigenvalue weighted by Crippen LogP contribution is 2.14. The number of carbonyl (C=O) groups excluding carboxylic acids is 1. The molecular weight excluding hydrogens is 266 g/mol. The van der Waals surface area contributed by atoms with Crippen molar-refractivity contribution in [2.24, 2.45) is 5.92 Å². The molecule has 2 aliphatic heterocycles. The summed E-state index contributed by atoms with van der Waals surface area (Å²) in [4.78, 5) is 14.4. The van der Waals surface area contributed by atoms with E-state index in [1.807, 2.05) is 0 Å². The van der Waals surface area contributed by atoms with Crippen LogP contribution >= 0.6 is 0 Å². The minimum absolute atomic E-state index is 0.146. The van der Waals surface area contributed by atoms with Crippen LogP contribution in [0.3, 0.4) is 0 Å². The Morgan fingerprint density at radius 1 is 1.33 bits per heavy atom. The molecule has 2 rings (SSSR count). The Bertz CT molecular complexity index is 300. The van der Waals surface area contributed by atoms with Gasteiger partial charge in [0, 0.05) is 19.7 Å². The van der Waals surface area contributed by atoms with Gasteiger partial charge in [0.2, 0.25) is 5.91 Å². The molecule has 2 N–H and O–H groups in total. The lowest BCUT2D eigenvalue weighted by atomic mass is 9.97. The maximum atomic E-state index is 12.1. The molecule has 5 heteroatoms. The Hall–Kier alpha value is -0.650. The molecule has 0 radical (unpaired) electrons. The normalized spacial score (nSPS) is 23.6. The van der Waals surface area contributed by atoms with Gasteiger partial charge in [-0.15, -0.1) is 0 Å². The second-order valence-electron chi connectivity index (χ2n) is 6.37. The molecule has 21 heavy (non-hydrogen) atoms. The van der Waals surface area contributed by atoms with E-state index in [1.54, 1.807) is 0 Å². The van der Waals surface area contributed by atoms with Crippen molar-refractivity contribution in [1.82, 2.24) is 15.5 Å². The first-order valence-corrected chi connectivity index (χ1v) is 8.59. The van der Waals surface area contributed by atoms with Crippen LogP contribution in [0.25, 0.3) is 0 Å². The molecule has 2 heterocycles. The van der Waals surface area contributed by atoms with Crippen molar-refractivity contribution in [1.29, 1.82) is 0 Å². The van der Waals surface area contributed by atoms with E-state index in [4.69, 9.17) is 4.74 Å². The Balaban J connectivity index is 1.68. The highest BCUT2D eigenvalue weighted by Gasteiger charge is 2.20. The van der Waals surface area contributed by atoms with Gasteiger partial charge < -0.3 is 15.4 Å². The first-order valence-electron chi connectivity index (χ1n) is 8.59. The van der Waals surface area contributed by atoms with E-state index in [0.717, 1.165) is 58.0 Å². The maximum absolute atomic E-state index is 12.1. The van der Waals surface area contributed by atoms with E-state index < -0.39 is 0 Å². The van der Waals surface area contributed by atoms with Gasteiger partial charge in [-0.3, -0.25) is 9.69 Å². The summed E-state index contributed by atoms with van der Waals surface area (Å²) in [6.07, 6.45) is 6.00. The predicted octanol–water partition coefficient (Wildman–Crippen LogP) is 0.993. The number of ether oxygens (including phenoxy) is 1. The Morgan fingerprint density at radius 2 is 2.14 bits per heavy atom. The van der Waals surface area contributed by atoms with E-state index in [1.165, 1.54) is 12.8 Å². The quantitative estimate of drug-likeness (QED) is 0.702. The van der Waals surface area contributed by atoms with E-state index in [0.29, 0.717) is 13.1 Å². The number of carbonyl (C=O) groups is 1. The first-order chi connectivity index (χ1) is 10.3. The lowest BCUT2D eigenvalue weighted by Gasteiger charge is -2.29. The molecule has 5 nitrogen and oxygen atoms in total. The topological polar surface area (TPSA) is 53.6 Å². The zero-order valence-electron chi connectivity index (χ0n) is 13.4. The third-order valence-electron chi connectivity index (χ3n) is 4.43. The van der Waals surface area contributed by atoms with Crippen molar-refractivity contribution < 1.29 is 9.53 Å². The van der Waals surface area contributed by atoms with Crippen LogP contribution in [0.1, 0.15) is 39.0 Å². The highest BCUT2D eigenvalue weighted by molar-refractivity contribution is 5.78. The van der Waals surface area contributed by atoms with Gasteiger partial charge in [-0.1, -0.05) is 6.92 Å². The molecule has 0 aliphatic carbocycles. The van der Waals surface area contributed by atoms with E-state index >= 15 is 0 Å². The van der Waals surface area contributed by atoms with Crippen LogP contribution in [0.5, 0.6) is 0 Å². The molecule has 1 amide bonds. The summed E-state index contributed by atoms with van der Waals surface area (Å²) in [6.45, 7) is 8.54. The number of rotatable bonds is 8. The van der Waals surface area contributed by atoms with Crippen molar-refractivity contribution in [2.75, 3.05) is 45.9 Å². The van der Waals surface area contributed by atoms with Crippen LogP contribution in [0.2, 0.25) is 0 Å². The molecule has 122 valence electrons. The standard InChI is InChI=1S/C16H31N3O2/c1-2-9-19(12-14-5-7-17-8-6-14)13-16(20)18-11-15-4-3-10-21-15/h14-15,17H,2-13H2,1H3,(H,18,20). The number of piperidine rings is 1. The fourth-order valence-corrected chi connectivity index (χ4v) is 3.27. The minimum Gasteiger partial charge on any atom is -0.376 e. The average Bonchev–Trinajstić information content (AvgIpc) is 3.00. The number of hydrogen-bond acceptors (Lipinski definition) is 4. The Kier molecular flexibility index (Phi) is 7.47. The van der Waals surface area contributed by atoms with Crippen LogP contribution < -0.4 is 10.6 Å². The van der Waals surface area contributed by atoms with E-state index in [2.05, 4.69) is 22.5 Å². The van der Waals surface area contributed by atoms with Gasteiger partial charge >= 0.3 is 0 Å². The van der Waals surface area contributed by atoms with Crippen molar-refractivity contribution in [2.45, 2.75) is 45.1 Å². The van der Waals surface area contributed by atoms with Gasteiger partial charge in [0.05, 0.1) is 12.6 Å². The van der Waals surface area contributed by atoms with Gasteiger partial charge in [-0.2, -0.15) is 0 Å². The summed E-state index contributed by atoms with van der Waals surface area (Å²) in [5.74, 6) is 0.886. The lowest BCUT2D eigenvalue weighted by molar-refractivity contribution is -0.122. The van der Waals surface area contributed by atoms with Gasteiger partial charge in [-0.25, -0.2) is 0 Å². The Labute approximate surface area is 128 Å². The van der Waals surface area contributed by atoms with Crippen LogP contribution in [-0.4, -0.2) is 62.8 Å². The minimum atomic E-state index is 0.146. The van der Waals surface area contributed by atoms with Crippen LogP contribution in [-0.2, 0) is 9.53 Å². The fraction of sp³-hybridized carbons (Fsp3) is 0.938. The zero-order chi connectivity index (χ0) is 14.9. The summed E-state index contributed by atoms with van der Waals surface area (Å²) < 4.78 is 5.54. The summed E-state index contributed by atoms with van der Waals surface area (Å²) in [5, 5.41) is 6.43. The van der Waals surface area contributed by atoms with Gasteiger partial charge in [0.1, 0.15) is 0 Å². The average molecular weight is 297 g/mol. The lowest BCUT2D eigenvalue weighted by Crippen LogP contribution is -2.43. The molecular formula is C16H31N3O2. The first kappa shape index (κ1) is 16.7. The molecule has 0 aromatic carbocycles. The number of nitrogens with one attached hydrogen (secondary N) is 2. The summed E-state index contributed by atoms with van der Waals surface area (Å²) in [7, 11) is 0. The maximum Gasteiger partial charge on any atom is 0.234 e. The fourth-order valence-electron chi connectivity index (χ4n) is 3.27. The molecule has 1 unspecified atom stereocenters. The highest BCUT2D eigenvalue weighted by atomic mass is 16.5. The van der Waals surface area contributed by atoms with Crippen molar-refractivity contribution in [3.8, 4) is 0 Å². The van der Waals surface area contributed by atoms with E-state index in [-0.39, 0.29) is 12.0 Å². The van der Waals surface area contributed by atoms with Crippen LogP contribution in [0, 0.1) is 5.92 Å². The summed E-state index contributed by atoms with van der Waals surface area (Å²) in [5.41, 5.74) is 0. The molecule has 0 saturated carbocycles. The van der Waals surface area contributed by atoms with Gasteiger partial charge in [-0.05, 0) is 57.7 Å². The third-order valence-corrected chi connectivity index (χ3v) is 4.43. The molecule has 0 spiro atoms. The molecule has 1 atom stereocenters. The zero-order valence-corrected chi connectivity index (χ0v) is 13.4. The largest absolute Gasteiger partial charge is 0.376 e. The Morgan fingerprint density at radius 3 is 2.81 bits per heavy atom. The van der Waals surface area contributed by atoms with Crippen molar-refractivity contribution >= 4 is 5.91 Å². The second-order valence-corrected chi connectivity index (χ2v) is 6.37. The number of nitrogens with zero attached hydrogens (tertiary/aromatic N) is 1. The monoisotopic (exact) mass is 297 g/mol. The second kappa shape index (κ2) is 9.38. The summed E-state index contributed by atoms with van der Waals surface area (Å²) in [6, 6.07) is 0. The molecule has 2 aliphatic rings. The van der Waals surface area contributed by atoms with Gasteiger partial charge in [0.15, 0.2) is 0 Å². The van der Waals surface area contributed by atoms with Gasteiger partial charge in [0.25, 0.3) is 0 Å². The molecule has 2 saturated heterocycles. The third kappa shape index (κ3) is 6.32. The van der Waals surface area contributed by atoms with Crippen LogP contribution in [0.15, 0.2) is 0 Å².